The summed E-state index contributed by atoms with van der Waals surface area (Å²) in [5, 5.41) is 7.25. The van der Waals surface area contributed by atoms with E-state index in [0.29, 0.717) is 5.69 Å². The lowest BCUT2D eigenvalue weighted by atomic mass is 9.81. The van der Waals surface area contributed by atoms with Crippen molar-refractivity contribution < 1.29 is 9.18 Å². The molecule has 3 rings (SSSR count). The van der Waals surface area contributed by atoms with Crippen molar-refractivity contribution in [2.75, 3.05) is 0 Å². The first-order valence-electron chi connectivity index (χ1n) is 9.39. The first kappa shape index (κ1) is 20.5. The van der Waals surface area contributed by atoms with Gasteiger partial charge in [-0.2, -0.15) is 9.78 Å². The van der Waals surface area contributed by atoms with Crippen molar-refractivity contribution in [3.63, 3.8) is 0 Å². The Morgan fingerprint density at radius 1 is 1.03 bits per heavy atom. The highest BCUT2D eigenvalue weighted by molar-refractivity contribution is 5.92. The van der Waals surface area contributed by atoms with E-state index in [4.69, 9.17) is 0 Å². The van der Waals surface area contributed by atoms with Crippen LogP contribution in [0.4, 0.5) is 4.39 Å². The van der Waals surface area contributed by atoms with Gasteiger partial charge in [-0.15, -0.1) is 0 Å². The molecule has 0 unspecified atom stereocenters. The van der Waals surface area contributed by atoms with Crippen molar-refractivity contribution in [1.82, 2.24) is 15.1 Å². The number of aromatic nitrogens is 2. The number of hydrogen-bond donors (Lipinski definition) is 1. The lowest BCUT2D eigenvalue weighted by molar-refractivity contribution is 0.0894. The summed E-state index contributed by atoms with van der Waals surface area (Å²) in [6.45, 7) is 8.17. The van der Waals surface area contributed by atoms with Gasteiger partial charge in [0.25, 0.3) is 11.5 Å². The number of carbonyl (C=O) groups excluding carboxylic acids is 1. The molecule has 6 heteroatoms. The molecule has 0 bridgehead atoms. The van der Waals surface area contributed by atoms with Crippen LogP contribution >= 0.6 is 0 Å². The van der Waals surface area contributed by atoms with E-state index in [0.717, 1.165) is 15.8 Å². The van der Waals surface area contributed by atoms with Crippen LogP contribution in [0.3, 0.4) is 0 Å². The summed E-state index contributed by atoms with van der Waals surface area (Å²) in [5.74, 6) is -0.800. The number of amides is 1. The number of rotatable bonds is 4. The minimum Gasteiger partial charge on any atom is -0.343 e. The molecule has 0 radical (unpaired) electrons. The summed E-state index contributed by atoms with van der Waals surface area (Å²) in [4.78, 5) is 25.2. The summed E-state index contributed by atoms with van der Waals surface area (Å²) >= 11 is 0. The first-order chi connectivity index (χ1) is 13.7. The molecule has 0 aliphatic carbocycles. The van der Waals surface area contributed by atoms with Gasteiger partial charge in [0.05, 0.1) is 11.7 Å². The SMILES string of the molecule is Cc1ccccc1[C@@H](NC(=O)c1ccc(=O)n(-c2ccc(F)cc2)n1)C(C)(C)C. The quantitative estimate of drug-likeness (QED) is 0.723. The third kappa shape index (κ3) is 4.59. The number of nitrogens with zero attached hydrogens (tertiary/aromatic N) is 2. The normalized spacial score (nSPS) is 12.4. The molecule has 3 aromatic rings. The van der Waals surface area contributed by atoms with Crippen molar-refractivity contribution >= 4 is 5.91 Å². The average molecular weight is 393 g/mol. The van der Waals surface area contributed by atoms with Gasteiger partial charge < -0.3 is 5.32 Å². The maximum Gasteiger partial charge on any atom is 0.272 e. The summed E-state index contributed by atoms with van der Waals surface area (Å²) in [6.07, 6.45) is 0. The second-order valence-corrected chi connectivity index (χ2v) is 8.07. The van der Waals surface area contributed by atoms with E-state index in [-0.39, 0.29) is 23.1 Å². The molecule has 0 spiro atoms. The van der Waals surface area contributed by atoms with Crippen LogP contribution in [-0.4, -0.2) is 15.7 Å². The number of benzene rings is 2. The highest BCUT2D eigenvalue weighted by Crippen LogP contribution is 2.34. The molecule has 0 aliphatic heterocycles. The Morgan fingerprint density at radius 3 is 2.31 bits per heavy atom. The fourth-order valence-electron chi connectivity index (χ4n) is 3.18. The third-order valence-electron chi connectivity index (χ3n) is 4.75. The standard InChI is InChI=1S/C23H24FN3O2/c1-15-7-5-6-8-18(15)21(23(2,3)4)25-22(29)19-13-14-20(28)27(26-19)17-11-9-16(24)10-12-17/h5-14,21H,1-4H3,(H,25,29)/t21-/m1/s1. The Labute approximate surface area is 169 Å². The maximum atomic E-state index is 13.2. The molecule has 0 aliphatic rings. The molecule has 2 aromatic carbocycles. The smallest absolute Gasteiger partial charge is 0.272 e. The predicted octanol–water partition coefficient (Wildman–Crippen LogP) is 4.20. The number of halogens is 1. The fraction of sp³-hybridized carbons (Fsp3) is 0.261. The number of aryl methyl sites for hydroxylation is 1. The van der Waals surface area contributed by atoms with Gasteiger partial charge in [-0.1, -0.05) is 45.0 Å². The Balaban J connectivity index is 1.95. The monoisotopic (exact) mass is 393 g/mol. The van der Waals surface area contributed by atoms with E-state index in [1.165, 1.54) is 36.4 Å². The molecule has 0 saturated heterocycles. The van der Waals surface area contributed by atoms with Crippen molar-refractivity contribution in [2.24, 2.45) is 5.41 Å². The number of hydrogen-bond acceptors (Lipinski definition) is 3. The molecule has 1 N–H and O–H groups in total. The molecule has 1 amide bonds. The van der Waals surface area contributed by atoms with Crippen LogP contribution < -0.4 is 10.9 Å². The van der Waals surface area contributed by atoms with Gasteiger partial charge in [0, 0.05) is 6.07 Å². The molecule has 150 valence electrons. The molecule has 1 atom stereocenters. The Bertz CT molecular complexity index is 1080. The van der Waals surface area contributed by atoms with Crippen LogP contribution in [0.25, 0.3) is 5.69 Å². The minimum atomic E-state index is -0.415. The third-order valence-corrected chi connectivity index (χ3v) is 4.75. The zero-order chi connectivity index (χ0) is 21.2. The Kier molecular flexibility index (Phi) is 5.64. The molecule has 0 fully saturated rings. The van der Waals surface area contributed by atoms with Crippen molar-refractivity contribution in [1.29, 1.82) is 0 Å². The van der Waals surface area contributed by atoms with Gasteiger partial charge in [-0.3, -0.25) is 9.59 Å². The van der Waals surface area contributed by atoms with E-state index in [1.807, 2.05) is 31.2 Å². The zero-order valence-electron chi connectivity index (χ0n) is 16.9. The maximum absolute atomic E-state index is 13.2. The summed E-state index contributed by atoms with van der Waals surface area (Å²) in [6, 6.07) is 15.7. The van der Waals surface area contributed by atoms with E-state index < -0.39 is 11.4 Å². The number of nitrogens with one attached hydrogen (secondary N) is 1. The topological polar surface area (TPSA) is 64.0 Å². The average Bonchev–Trinajstić information content (AvgIpc) is 2.67. The van der Waals surface area contributed by atoms with Gasteiger partial charge in [0.2, 0.25) is 0 Å². The lowest BCUT2D eigenvalue weighted by Gasteiger charge is -2.33. The van der Waals surface area contributed by atoms with Gasteiger partial charge in [-0.25, -0.2) is 4.39 Å². The Hall–Kier alpha value is -3.28. The summed E-state index contributed by atoms with van der Waals surface area (Å²) in [5.41, 5.74) is 1.96. The second kappa shape index (κ2) is 7.99. The van der Waals surface area contributed by atoms with E-state index in [1.54, 1.807) is 0 Å². The van der Waals surface area contributed by atoms with Crippen LogP contribution in [0.1, 0.15) is 48.4 Å². The Morgan fingerprint density at radius 2 is 1.69 bits per heavy atom. The van der Waals surface area contributed by atoms with Gasteiger partial charge >= 0.3 is 0 Å². The number of carbonyl (C=O) groups is 1. The van der Waals surface area contributed by atoms with Crippen molar-refractivity contribution in [3.05, 3.63) is 93.7 Å². The molecule has 5 nitrogen and oxygen atoms in total. The largest absolute Gasteiger partial charge is 0.343 e. The molecule has 0 saturated carbocycles. The van der Waals surface area contributed by atoms with Crippen LogP contribution in [-0.2, 0) is 0 Å². The predicted molar refractivity (Wildman–Crippen MR) is 111 cm³/mol. The van der Waals surface area contributed by atoms with Crippen LogP contribution in [0, 0.1) is 18.2 Å². The molecule has 1 heterocycles. The highest BCUT2D eigenvalue weighted by Gasteiger charge is 2.29. The van der Waals surface area contributed by atoms with Crippen LogP contribution in [0.15, 0.2) is 65.5 Å². The van der Waals surface area contributed by atoms with Crippen LogP contribution in [0.5, 0.6) is 0 Å². The molecule has 1 aromatic heterocycles. The lowest BCUT2D eigenvalue weighted by Crippen LogP contribution is -2.38. The first-order valence-corrected chi connectivity index (χ1v) is 9.39. The highest BCUT2D eigenvalue weighted by atomic mass is 19.1. The summed E-state index contributed by atoms with van der Waals surface area (Å²) < 4.78 is 14.3. The summed E-state index contributed by atoms with van der Waals surface area (Å²) in [7, 11) is 0. The van der Waals surface area contributed by atoms with Gasteiger partial charge in [-0.05, 0) is 53.8 Å². The van der Waals surface area contributed by atoms with E-state index in [2.05, 4.69) is 31.2 Å². The molecular formula is C23H24FN3O2. The molecular weight excluding hydrogens is 369 g/mol. The zero-order valence-corrected chi connectivity index (χ0v) is 16.9. The fourth-order valence-corrected chi connectivity index (χ4v) is 3.18. The molecule has 29 heavy (non-hydrogen) atoms. The van der Waals surface area contributed by atoms with Gasteiger partial charge in [0.15, 0.2) is 0 Å². The van der Waals surface area contributed by atoms with E-state index >= 15 is 0 Å². The second-order valence-electron chi connectivity index (χ2n) is 8.07. The van der Waals surface area contributed by atoms with Crippen LogP contribution in [0.2, 0.25) is 0 Å². The van der Waals surface area contributed by atoms with Gasteiger partial charge in [0.1, 0.15) is 11.5 Å². The van der Waals surface area contributed by atoms with Crippen molar-refractivity contribution in [3.8, 4) is 5.69 Å². The van der Waals surface area contributed by atoms with E-state index in [9.17, 15) is 14.0 Å². The van der Waals surface area contributed by atoms with Crippen molar-refractivity contribution in [2.45, 2.75) is 33.7 Å². The minimum absolute atomic E-state index is 0.108.